The molecular formula is C45H35N11O2. The number of nitrogens with one attached hydrogen (secondary N) is 4. The predicted molar refractivity (Wildman–Crippen MR) is 222 cm³/mol. The summed E-state index contributed by atoms with van der Waals surface area (Å²) in [5, 5.41) is 17.3. The van der Waals surface area contributed by atoms with Crippen LogP contribution in [0.2, 0.25) is 0 Å². The van der Waals surface area contributed by atoms with Crippen LogP contribution in [0.15, 0.2) is 103 Å². The van der Waals surface area contributed by atoms with Gasteiger partial charge in [-0.2, -0.15) is 10.2 Å². The number of hydrogen-bond acceptors (Lipinski definition) is 9. The number of carbonyl (C=O) groups is 2. The van der Waals surface area contributed by atoms with Crippen molar-refractivity contribution >= 4 is 55.4 Å². The molecule has 4 N–H and O–H groups in total. The molecule has 0 amide bonds. The molecule has 13 heteroatoms. The number of fused-ring (bicyclic) bond motifs is 4. The van der Waals surface area contributed by atoms with Crippen LogP contribution in [0.5, 0.6) is 0 Å². The zero-order valence-corrected chi connectivity index (χ0v) is 31.6. The molecule has 0 atom stereocenters. The molecule has 10 rings (SSSR count). The highest BCUT2D eigenvalue weighted by molar-refractivity contribution is 6.04. The van der Waals surface area contributed by atoms with E-state index in [4.69, 9.17) is 9.97 Å². The molecule has 0 bridgehead atoms. The third-order valence-electron chi connectivity index (χ3n) is 10.4. The minimum absolute atomic E-state index is 0.0697. The Kier molecular flexibility index (Phi) is 8.47. The lowest BCUT2D eigenvalue weighted by Crippen LogP contribution is -2.08. The summed E-state index contributed by atoms with van der Waals surface area (Å²) in [5.41, 5.74) is 13.2. The lowest BCUT2D eigenvalue weighted by molar-refractivity contribution is 0.0976. The van der Waals surface area contributed by atoms with Crippen LogP contribution in [-0.2, 0) is 25.7 Å². The van der Waals surface area contributed by atoms with E-state index in [0.29, 0.717) is 35.4 Å². The third kappa shape index (κ3) is 6.68. The second-order valence-electron chi connectivity index (χ2n) is 14.6. The van der Waals surface area contributed by atoms with Crippen LogP contribution in [0.1, 0.15) is 55.3 Å². The van der Waals surface area contributed by atoms with Crippen molar-refractivity contribution in [1.29, 1.82) is 0 Å². The maximum Gasteiger partial charge on any atom is 0.204 e. The van der Waals surface area contributed by atoms with Crippen LogP contribution >= 0.6 is 0 Å². The molecule has 13 nitrogen and oxygen atoms in total. The van der Waals surface area contributed by atoms with Crippen LogP contribution in [0.3, 0.4) is 0 Å². The molecule has 282 valence electrons. The molecule has 0 radical (unpaired) electrons. The summed E-state index contributed by atoms with van der Waals surface area (Å²) in [5.74, 6) is 0.407. The van der Waals surface area contributed by atoms with Gasteiger partial charge in [-0.1, -0.05) is 36.4 Å². The molecule has 7 heterocycles. The van der Waals surface area contributed by atoms with Gasteiger partial charge >= 0.3 is 0 Å². The van der Waals surface area contributed by atoms with Gasteiger partial charge in [0.2, 0.25) is 11.6 Å². The number of nitrogens with zero attached hydrogens (tertiary/aromatic N) is 7. The molecule has 0 unspecified atom stereocenters. The zero-order valence-electron chi connectivity index (χ0n) is 31.6. The molecule has 0 spiro atoms. The second-order valence-corrected chi connectivity index (χ2v) is 14.6. The van der Waals surface area contributed by atoms with Crippen molar-refractivity contribution in [3.05, 3.63) is 149 Å². The number of aromatic amines is 4. The number of hydrogen-bond donors (Lipinski definition) is 4. The fourth-order valence-electron chi connectivity index (χ4n) is 7.58. The first-order valence-corrected chi connectivity index (χ1v) is 19.0. The van der Waals surface area contributed by atoms with Crippen LogP contribution < -0.4 is 0 Å². The highest BCUT2D eigenvalue weighted by Gasteiger charge is 2.19. The Morgan fingerprint density at radius 2 is 1.16 bits per heavy atom. The maximum atomic E-state index is 13.5. The van der Waals surface area contributed by atoms with Crippen molar-refractivity contribution in [2.75, 3.05) is 0 Å². The van der Waals surface area contributed by atoms with Gasteiger partial charge in [0.1, 0.15) is 11.4 Å². The average molecular weight is 762 g/mol. The van der Waals surface area contributed by atoms with Gasteiger partial charge in [0.15, 0.2) is 11.6 Å². The highest BCUT2D eigenvalue weighted by atomic mass is 16.1. The second kappa shape index (κ2) is 14.1. The number of imidazole rings is 2. The van der Waals surface area contributed by atoms with E-state index in [1.807, 2.05) is 105 Å². The van der Waals surface area contributed by atoms with Crippen molar-refractivity contribution in [3.8, 4) is 22.5 Å². The Hall–Kier alpha value is -7.67. The number of pyridine rings is 3. The number of benzene rings is 3. The molecule has 0 saturated heterocycles. The Balaban J connectivity index is 0.839. The highest BCUT2D eigenvalue weighted by Crippen LogP contribution is 2.32. The van der Waals surface area contributed by atoms with Crippen molar-refractivity contribution in [1.82, 2.24) is 55.3 Å². The van der Waals surface area contributed by atoms with Crippen molar-refractivity contribution in [2.45, 2.75) is 39.5 Å². The molecule has 10 aromatic rings. The first-order chi connectivity index (χ1) is 28.3. The van der Waals surface area contributed by atoms with E-state index in [0.717, 1.165) is 83.7 Å². The monoisotopic (exact) mass is 761 g/mol. The summed E-state index contributed by atoms with van der Waals surface area (Å²) in [6, 6.07) is 31.2. The van der Waals surface area contributed by atoms with Crippen LogP contribution in [-0.4, -0.2) is 66.8 Å². The van der Waals surface area contributed by atoms with Crippen LogP contribution in [0.4, 0.5) is 0 Å². The number of aryl methyl sites for hydroxylation is 4. The quantitative estimate of drug-likeness (QED) is 0.0948. The molecule has 3 aromatic carbocycles. The first-order valence-electron chi connectivity index (χ1n) is 19.0. The number of aromatic nitrogens is 11. The van der Waals surface area contributed by atoms with E-state index >= 15 is 0 Å². The largest absolute Gasteiger partial charge is 0.335 e. The molecular weight excluding hydrogens is 727 g/mol. The molecule has 0 aliphatic carbocycles. The number of rotatable bonds is 11. The lowest BCUT2D eigenvalue weighted by Gasteiger charge is -2.07. The van der Waals surface area contributed by atoms with Crippen LogP contribution in [0, 0.1) is 13.8 Å². The zero-order chi connectivity index (χ0) is 39.3. The van der Waals surface area contributed by atoms with Crippen LogP contribution in [0.25, 0.3) is 66.4 Å². The minimum Gasteiger partial charge on any atom is -0.335 e. The minimum atomic E-state index is -0.147. The number of H-pyrrole nitrogens is 4. The smallest absolute Gasteiger partial charge is 0.204 e. The molecule has 0 aliphatic heterocycles. The fraction of sp³-hybridized carbons (Fsp3) is 0.133. The topological polar surface area (TPSA) is 188 Å². The summed E-state index contributed by atoms with van der Waals surface area (Å²) in [6.45, 7) is 3.92. The molecule has 58 heavy (non-hydrogen) atoms. The normalized spacial score (nSPS) is 11.7. The molecule has 0 saturated carbocycles. The van der Waals surface area contributed by atoms with E-state index in [2.05, 4.69) is 51.4 Å². The number of ketones is 2. The summed E-state index contributed by atoms with van der Waals surface area (Å²) in [4.78, 5) is 56.2. The van der Waals surface area contributed by atoms with Crippen molar-refractivity contribution in [2.24, 2.45) is 0 Å². The van der Waals surface area contributed by atoms with Gasteiger partial charge in [0, 0.05) is 63.0 Å². The third-order valence-corrected chi connectivity index (χ3v) is 10.4. The van der Waals surface area contributed by atoms with Crippen molar-refractivity contribution < 1.29 is 9.59 Å². The summed E-state index contributed by atoms with van der Waals surface area (Å²) in [6.07, 6.45) is 3.43. The van der Waals surface area contributed by atoms with E-state index in [1.165, 1.54) is 0 Å². The van der Waals surface area contributed by atoms with E-state index in [-0.39, 0.29) is 30.2 Å². The SMILES string of the molecule is Cc1cc(-c2n[nH]c3cc4[nH]c(C(=O)Cc5cccc(CCc6cc(-c7n[nH]c8cc9[nH]c(C(=O)Cc%10ccccc%10)nc9cc78)cc(C)n6)n5)nc4cc23)ccn1. The van der Waals surface area contributed by atoms with E-state index in [1.54, 1.807) is 6.20 Å². The summed E-state index contributed by atoms with van der Waals surface area (Å²) in [7, 11) is 0. The van der Waals surface area contributed by atoms with E-state index < -0.39 is 0 Å². The molecule has 7 aromatic heterocycles. The van der Waals surface area contributed by atoms with Crippen molar-refractivity contribution in [3.63, 3.8) is 0 Å². The summed E-state index contributed by atoms with van der Waals surface area (Å²) >= 11 is 0. The Morgan fingerprint density at radius 1 is 0.534 bits per heavy atom. The maximum absolute atomic E-state index is 13.5. The summed E-state index contributed by atoms with van der Waals surface area (Å²) < 4.78 is 0. The average Bonchev–Trinajstić information content (AvgIpc) is 4.03. The van der Waals surface area contributed by atoms with Gasteiger partial charge in [0.05, 0.1) is 39.5 Å². The Labute approximate surface area is 330 Å². The standard InChI is InChI=1S/C45H35N11O2/c1-24-15-27(13-14-46-24)42-32-20-36-39(22-34(32)53-55-42)52-45(50-36)41(58)19-30-10-6-9-29(48-30)11-12-31-18-28(16-25(2)47-31)43-33-21-37-38(23-35(33)54-56-43)51-44(49-37)40(57)17-26-7-4-3-5-8-26/h3-10,13-16,18,20-23H,11-12,17,19H2,1-2H3,(H,49,51)(H,50,52)(H,53,55)(H,54,56). The fourth-order valence-corrected chi connectivity index (χ4v) is 7.58. The van der Waals surface area contributed by atoms with Gasteiger partial charge < -0.3 is 9.97 Å². The molecule has 0 aliphatic rings. The van der Waals surface area contributed by atoms with Gasteiger partial charge in [-0.05, 0) is 92.9 Å². The van der Waals surface area contributed by atoms with E-state index in [9.17, 15) is 9.59 Å². The lowest BCUT2D eigenvalue weighted by atomic mass is 10.0. The predicted octanol–water partition coefficient (Wildman–Crippen LogP) is 7.96. The molecule has 0 fully saturated rings. The van der Waals surface area contributed by atoms with Gasteiger partial charge in [0.25, 0.3) is 0 Å². The number of carbonyl (C=O) groups excluding carboxylic acids is 2. The van der Waals surface area contributed by atoms with Gasteiger partial charge in [-0.3, -0.25) is 34.7 Å². The van der Waals surface area contributed by atoms with Gasteiger partial charge in [-0.15, -0.1) is 0 Å². The Morgan fingerprint density at radius 3 is 1.84 bits per heavy atom. The van der Waals surface area contributed by atoms with Gasteiger partial charge in [-0.25, -0.2) is 9.97 Å². The first kappa shape index (κ1) is 34.8. The number of Topliss-reactive ketones (excluding diaryl/α,β-unsaturated/α-hetero) is 2. The Bertz CT molecular complexity index is 3210.